The minimum Gasteiger partial charge on any atom is -0.481 e. The van der Waals surface area contributed by atoms with Crippen LogP contribution in [0.1, 0.15) is 47.0 Å². The topological polar surface area (TPSA) is 89.9 Å². The highest BCUT2D eigenvalue weighted by atomic mass is 16.5. The molecule has 6 nitrogen and oxygen atoms in total. The van der Waals surface area contributed by atoms with E-state index in [1.807, 2.05) is 39.8 Å². The van der Waals surface area contributed by atoms with Crippen LogP contribution in [0.3, 0.4) is 0 Å². The number of hydrogen-bond donors (Lipinski definition) is 1. The van der Waals surface area contributed by atoms with Gasteiger partial charge >= 0.3 is 17.9 Å². The summed E-state index contributed by atoms with van der Waals surface area (Å²) in [6.07, 6.45) is 4.72. The number of carboxylic acids is 1. The van der Waals surface area contributed by atoms with Crippen LogP contribution in [-0.2, 0) is 23.9 Å². The molecule has 0 unspecified atom stereocenters. The molecular weight excluding hydrogens is 336 g/mol. The van der Waals surface area contributed by atoms with Gasteiger partial charge in [0.15, 0.2) is 0 Å². The quantitative estimate of drug-likeness (QED) is 0.594. The van der Waals surface area contributed by atoms with Gasteiger partial charge in [0.25, 0.3) is 0 Å². The maximum absolute atomic E-state index is 12.6. The van der Waals surface area contributed by atoms with Crippen molar-refractivity contribution in [1.29, 1.82) is 0 Å². The Morgan fingerprint density at radius 1 is 1.19 bits per heavy atom. The number of ether oxygens (including phenoxy) is 2. The third kappa shape index (κ3) is 3.94. The molecule has 1 N–H and O–H groups in total. The zero-order chi connectivity index (χ0) is 19.6. The SMILES string of the molecule is CCC(C)(C)C(=O)O[C@H]1C[C@@H](C(=O)OC)C[C@@H]2C=C[C@H](C)[C@H](C(=O)O)[C@@H]12. The summed E-state index contributed by atoms with van der Waals surface area (Å²) >= 11 is 0. The van der Waals surface area contributed by atoms with E-state index < -0.39 is 29.3 Å². The average Bonchev–Trinajstić information content (AvgIpc) is 2.60. The molecule has 0 aromatic rings. The fourth-order valence-electron chi connectivity index (χ4n) is 4.10. The van der Waals surface area contributed by atoms with Gasteiger partial charge in [-0.05, 0) is 44.9 Å². The first kappa shape index (κ1) is 20.5. The van der Waals surface area contributed by atoms with Crippen molar-refractivity contribution in [3.8, 4) is 0 Å². The molecule has 0 heterocycles. The fraction of sp³-hybridized carbons (Fsp3) is 0.750. The Labute approximate surface area is 154 Å². The monoisotopic (exact) mass is 366 g/mol. The van der Waals surface area contributed by atoms with E-state index in [9.17, 15) is 19.5 Å². The average molecular weight is 366 g/mol. The summed E-state index contributed by atoms with van der Waals surface area (Å²) in [5, 5.41) is 9.76. The van der Waals surface area contributed by atoms with Gasteiger partial charge in [-0.1, -0.05) is 26.0 Å². The number of fused-ring (bicyclic) bond motifs is 1. The van der Waals surface area contributed by atoms with Crippen LogP contribution in [0.5, 0.6) is 0 Å². The second-order valence-electron chi connectivity index (χ2n) is 8.22. The molecule has 26 heavy (non-hydrogen) atoms. The zero-order valence-corrected chi connectivity index (χ0v) is 16.2. The molecule has 0 bridgehead atoms. The highest BCUT2D eigenvalue weighted by molar-refractivity contribution is 5.77. The number of methoxy groups -OCH3 is 1. The molecule has 1 fully saturated rings. The molecule has 2 aliphatic carbocycles. The highest BCUT2D eigenvalue weighted by Gasteiger charge is 2.50. The third-order valence-electron chi connectivity index (χ3n) is 6.15. The summed E-state index contributed by atoms with van der Waals surface area (Å²) in [6.45, 7) is 7.40. The van der Waals surface area contributed by atoms with Gasteiger partial charge in [-0.15, -0.1) is 0 Å². The van der Waals surface area contributed by atoms with Gasteiger partial charge in [0, 0.05) is 5.92 Å². The maximum atomic E-state index is 12.6. The van der Waals surface area contributed by atoms with E-state index in [0.29, 0.717) is 19.3 Å². The predicted molar refractivity (Wildman–Crippen MR) is 95.1 cm³/mol. The number of carboxylic acid groups (broad SMARTS) is 1. The highest BCUT2D eigenvalue weighted by Crippen LogP contribution is 2.47. The molecule has 2 rings (SSSR count). The van der Waals surface area contributed by atoms with Crippen molar-refractivity contribution in [2.24, 2.45) is 35.0 Å². The van der Waals surface area contributed by atoms with Crippen LogP contribution in [0.25, 0.3) is 0 Å². The van der Waals surface area contributed by atoms with Gasteiger partial charge in [-0.25, -0.2) is 0 Å². The van der Waals surface area contributed by atoms with Crippen molar-refractivity contribution in [3.63, 3.8) is 0 Å². The normalized spacial score (nSPS) is 33.9. The molecule has 0 aliphatic heterocycles. The first-order chi connectivity index (χ1) is 12.1. The van der Waals surface area contributed by atoms with Crippen molar-refractivity contribution in [3.05, 3.63) is 12.2 Å². The second kappa shape index (κ2) is 7.80. The van der Waals surface area contributed by atoms with Crippen molar-refractivity contribution < 1.29 is 29.0 Å². The number of carbonyl (C=O) groups is 3. The molecule has 0 amide bonds. The van der Waals surface area contributed by atoms with Gasteiger partial charge in [-0.2, -0.15) is 0 Å². The van der Waals surface area contributed by atoms with Gasteiger partial charge in [-0.3, -0.25) is 14.4 Å². The summed E-state index contributed by atoms with van der Waals surface area (Å²) in [4.78, 5) is 36.7. The Bertz CT molecular complexity index is 593. The van der Waals surface area contributed by atoms with E-state index in [0.717, 1.165) is 0 Å². The number of allylic oxidation sites excluding steroid dienone is 2. The minimum atomic E-state index is -0.885. The summed E-state index contributed by atoms with van der Waals surface area (Å²) in [5.74, 6) is -3.19. The molecule has 0 radical (unpaired) electrons. The van der Waals surface area contributed by atoms with Crippen molar-refractivity contribution in [2.75, 3.05) is 7.11 Å². The first-order valence-corrected chi connectivity index (χ1v) is 9.32. The van der Waals surface area contributed by atoms with Crippen molar-refractivity contribution >= 4 is 17.9 Å². The Kier molecular flexibility index (Phi) is 6.14. The van der Waals surface area contributed by atoms with Crippen molar-refractivity contribution in [1.82, 2.24) is 0 Å². The van der Waals surface area contributed by atoms with E-state index in [4.69, 9.17) is 9.47 Å². The maximum Gasteiger partial charge on any atom is 0.311 e. The Balaban J connectivity index is 2.35. The summed E-state index contributed by atoms with van der Waals surface area (Å²) in [6, 6.07) is 0. The summed E-state index contributed by atoms with van der Waals surface area (Å²) in [7, 11) is 1.34. The smallest absolute Gasteiger partial charge is 0.311 e. The standard InChI is InChI=1S/C20H30O6/c1-6-20(3,4)19(24)26-14-10-13(18(23)25-5)9-12-8-7-11(2)15(16(12)14)17(21)22/h7-8,11-16H,6,9-10H2,1-5H3,(H,21,22)/t11-,12-,13-,14-,15-,16+/m0/s1. The lowest BCUT2D eigenvalue weighted by Crippen LogP contribution is -2.50. The van der Waals surface area contributed by atoms with Gasteiger partial charge in [0.1, 0.15) is 6.10 Å². The van der Waals surface area contributed by atoms with Gasteiger partial charge in [0.05, 0.1) is 24.4 Å². The number of aliphatic carboxylic acids is 1. The fourth-order valence-corrected chi connectivity index (χ4v) is 4.10. The lowest BCUT2D eigenvalue weighted by molar-refractivity contribution is -0.177. The first-order valence-electron chi connectivity index (χ1n) is 9.32. The lowest BCUT2D eigenvalue weighted by atomic mass is 9.61. The molecular formula is C20H30O6. The molecule has 146 valence electrons. The van der Waals surface area contributed by atoms with E-state index in [2.05, 4.69) is 0 Å². The molecule has 6 atom stereocenters. The van der Waals surface area contributed by atoms with E-state index in [1.54, 1.807) is 0 Å². The molecule has 0 saturated heterocycles. The van der Waals surface area contributed by atoms with Crippen LogP contribution in [0, 0.1) is 35.0 Å². The second-order valence-corrected chi connectivity index (χ2v) is 8.22. The van der Waals surface area contributed by atoms with Crippen molar-refractivity contribution in [2.45, 2.75) is 53.1 Å². The Morgan fingerprint density at radius 2 is 1.85 bits per heavy atom. The van der Waals surface area contributed by atoms with Crippen LogP contribution in [0.4, 0.5) is 0 Å². The zero-order valence-electron chi connectivity index (χ0n) is 16.2. The number of hydrogen-bond acceptors (Lipinski definition) is 5. The largest absolute Gasteiger partial charge is 0.481 e. The molecule has 0 spiro atoms. The molecule has 2 aliphatic rings. The minimum absolute atomic E-state index is 0.118. The number of rotatable bonds is 5. The van der Waals surface area contributed by atoms with Gasteiger partial charge < -0.3 is 14.6 Å². The van der Waals surface area contributed by atoms with Crippen LogP contribution < -0.4 is 0 Å². The predicted octanol–water partition coefficient (Wildman–Crippen LogP) is 3.06. The Morgan fingerprint density at radius 3 is 2.38 bits per heavy atom. The van der Waals surface area contributed by atoms with Crippen LogP contribution in [0.15, 0.2) is 12.2 Å². The molecule has 0 aromatic carbocycles. The van der Waals surface area contributed by atoms with Crippen LogP contribution in [0.2, 0.25) is 0 Å². The van der Waals surface area contributed by atoms with Gasteiger partial charge in [0.2, 0.25) is 0 Å². The van der Waals surface area contributed by atoms with Crippen LogP contribution >= 0.6 is 0 Å². The molecule has 6 heteroatoms. The Hall–Kier alpha value is -1.85. The number of carbonyl (C=O) groups excluding carboxylic acids is 2. The van der Waals surface area contributed by atoms with E-state index in [1.165, 1.54) is 7.11 Å². The summed E-state index contributed by atoms with van der Waals surface area (Å²) in [5.41, 5.74) is -0.650. The summed E-state index contributed by atoms with van der Waals surface area (Å²) < 4.78 is 10.7. The van der Waals surface area contributed by atoms with E-state index in [-0.39, 0.29) is 29.7 Å². The lowest BCUT2D eigenvalue weighted by Gasteiger charge is -2.46. The molecule has 1 saturated carbocycles. The number of esters is 2. The van der Waals surface area contributed by atoms with Crippen LogP contribution in [-0.4, -0.2) is 36.2 Å². The third-order valence-corrected chi connectivity index (χ3v) is 6.15. The van der Waals surface area contributed by atoms with E-state index >= 15 is 0 Å². The molecule has 0 aromatic heterocycles.